The number of rotatable bonds is 5. The molecule has 1 N–H and O–H groups in total. The van der Waals surface area contributed by atoms with Crippen LogP contribution in [-0.2, 0) is 0 Å². The Balaban J connectivity index is 1.93. The fourth-order valence-corrected chi connectivity index (χ4v) is 2.30. The van der Waals surface area contributed by atoms with Crippen molar-refractivity contribution in [1.29, 1.82) is 0 Å². The number of benzene rings is 2. The maximum Gasteiger partial charge on any atom is 0.130 e. The lowest BCUT2D eigenvalue weighted by molar-refractivity contribution is 0.415. The van der Waals surface area contributed by atoms with Crippen LogP contribution in [0.1, 0.15) is 17.4 Å². The molecule has 0 amide bonds. The van der Waals surface area contributed by atoms with E-state index in [0.717, 1.165) is 22.8 Å². The molecule has 1 heterocycles. The van der Waals surface area contributed by atoms with Crippen LogP contribution >= 0.6 is 0 Å². The fourth-order valence-electron chi connectivity index (χ4n) is 2.30. The van der Waals surface area contributed by atoms with Gasteiger partial charge in [-0.1, -0.05) is 36.4 Å². The second-order valence-electron chi connectivity index (χ2n) is 4.74. The normalized spacial score (nSPS) is 11.9. The molecule has 1 unspecified atom stereocenters. The van der Waals surface area contributed by atoms with Crippen molar-refractivity contribution in [3.63, 3.8) is 0 Å². The van der Waals surface area contributed by atoms with E-state index in [-0.39, 0.29) is 6.04 Å². The number of nitrogens with one attached hydrogen (secondary N) is 1. The van der Waals surface area contributed by atoms with Crippen molar-refractivity contribution < 1.29 is 9.15 Å². The van der Waals surface area contributed by atoms with Crippen LogP contribution in [-0.4, -0.2) is 7.11 Å². The first-order valence-corrected chi connectivity index (χ1v) is 6.86. The summed E-state index contributed by atoms with van der Waals surface area (Å²) in [5.74, 6) is 1.70. The summed E-state index contributed by atoms with van der Waals surface area (Å²) in [6.45, 7) is 0. The van der Waals surface area contributed by atoms with Crippen LogP contribution in [0.3, 0.4) is 0 Å². The van der Waals surface area contributed by atoms with Crippen molar-refractivity contribution in [1.82, 2.24) is 0 Å². The van der Waals surface area contributed by atoms with Gasteiger partial charge in [0.15, 0.2) is 0 Å². The maximum absolute atomic E-state index is 5.59. The average molecular weight is 279 g/mol. The number of hydrogen-bond donors (Lipinski definition) is 1. The van der Waals surface area contributed by atoms with Gasteiger partial charge in [0, 0.05) is 11.8 Å². The summed E-state index contributed by atoms with van der Waals surface area (Å²) in [6.07, 6.45) is 1.69. The van der Waals surface area contributed by atoms with Gasteiger partial charge in [-0.05, 0) is 29.8 Å². The Morgan fingerprint density at radius 3 is 2.52 bits per heavy atom. The Labute approximate surface area is 124 Å². The van der Waals surface area contributed by atoms with Crippen molar-refractivity contribution in [2.75, 3.05) is 12.4 Å². The Morgan fingerprint density at radius 2 is 1.81 bits per heavy atom. The molecule has 0 spiro atoms. The van der Waals surface area contributed by atoms with E-state index < -0.39 is 0 Å². The van der Waals surface area contributed by atoms with Crippen LogP contribution in [0.25, 0.3) is 0 Å². The first-order valence-electron chi connectivity index (χ1n) is 6.86. The zero-order valence-corrected chi connectivity index (χ0v) is 11.8. The number of furan rings is 1. The smallest absolute Gasteiger partial charge is 0.130 e. The molecule has 106 valence electrons. The van der Waals surface area contributed by atoms with Crippen molar-refractivity contribution in [2.24, 2.45) is 0 Å². The van der Waals surface area contributed by atoms with Crippen LogP contribution in [0.4, 0.5) is 5.69 Å². The molecule has 3 rings (SSSR count). The summed E-state index contributed by atoms with van der Waals surface area (Å²) < 4.78 is 10.9. The van der Waals surface area contributed by atoms with Crippen molar-refractivity contribution in [3.8, 4) is 5.75 Å². The minimum atomic E-state index is -0.0340. The predicted octanol–water partition coefficient (Wildman–Crippen LogP) is 4.49. The van der Waals surface area contributed by atoms with E-state index in [4.69, 9.17) is 9.15 Å². The SMILES string of the molecule is COc1cccc(NC(c2ccccc2)c2ccco2)c1. The van der Waals surface area contributed by atoms with Crippen molar-refractivity contribution in [2.45, 2.75) is 6.04 Å². The summed E-state index contributed by atoms with van der Waals surface area (Å²) >= 11 is 0. The van der Waals surface area contributed by atoms with Crippen LogP contribution < -0.4 is 10.1 Å². The first-order chi connectivity index (χ1) is 10.4. The Kier molecular flexibility index (Phi) is 3.92. The second kappa shape index (κ2) is 6.18. The lowest BCUT2D eigenvalue weighted by Crippen LogP contribution is -2.11. The molecule has 1 atom stereocenters. The fraction of sp³-hybridized carbons (Fsp3) is 0.111. The molecule has 0 fully saturated rings. The summed E-state index contributed by atoms with van der Waals surface area (Å²) in [6, 6.07) is 21.9. The average Bonchev–Trinajstić information content (AvgIpc) is 3.08. The van der Waals surface area contributed by atoms with Gasteiger partial charge < -0.3 is 14.5 Å². The van der Waals surface area contributed by atoms with Crippen LogP contribution in [0.15, 0.2) is 77.4 Å². The summed E-state index contributed by atoms with van der Waals surface area (Å²) in [7, 11) is 1.67. The second-order valence-corrected chi connectivity index (χ2v) is 4.74. The highest BCUT2D eigenvalue weighted by molar-refractivity contribution is 5.51. The summed E-state index contributed by atoms with van der Waals surface area (Å²) in [4.78, 5) is 0. The topological polar surface area (TPSA) is 34.4 Å². The lowest BCUT2D eigenvalue weighted by atomic mass is 10.0. The lowest BCUT2D eigenvalue weighted by Gasteiger charge is -2.18. The van der Waals surface area contributed by atoms with E-state index in [0.29, 0.717) is 0 Å². The molecule has 0 aliphatic heterocycles. The van der Waals surface area contributed by atoms with Crippen molar-refractivity contribution in [3.05, 3.63) is 84.3 Å². The Bertz CT molecular complexity index is 677. The van der Waals surface area contributed by atoms with E-state index in [1.807, 2.05) is 54.6 Å². The maximum atomic E-state index is 5.59. The summed E-state index contributed by atoms with van der Waals surface area (Å²) in [5, 5.41) is 3.50. The minimum Gasteiger partial charge on any atom is -0.497 e. The van der Waals surface area contributed by atoms with E-state index in [9.17, 15) is 0 Å². The van der Waals surface area contributed by atoms with Gasteiger partial charge in [0.05, 0.1) is 13.4 Å². The highest BCUT2D eigenvalue weighted by Crippen LogP contribution is 2.28. The van der Waals surface area contributed by atoms with Crippen molar-refractivity contribution >= 4 is 5.69 Å². The van der Waals surface area contributed by atoms with Crippen LogP contribution in [0, 0.1) is 0 Å². The highest BCUT2D eigenvalue weighted by Gasteiger charge is 2.16. The molecule has 2 aromatic carbocycles. The molecular formula is C18H17NO2. The zero-order valence-electron chi connectivity index (χ0n) is 11.8. The van der Waals surface area contributed by atoms with Gasteiger partial charge in [0.2, 0.25) is 0 Å². The highest BCUT2D eigenvalue weighted by atomic mass is 16.5. The predicted molar refractivity (Wildman–Crippen MR) is 83.6 cm³/mol. The molecular weight excluding hydrogens is 262 g/mol. The summed E-state index contributed by atoms with van der Waals surface area (Å²) in [5.41, 5.74) is 2.13. The monoisotopic (exact) mass is 279 g/mol. The third-order valence-electron chi connectivity index (χ3n) is 3.34. The standard InChI is InChI=1S/C18H17NO2/c1-20-16-10-5-9-15(13-16)19-18(17-11-6-12-21-17)14-7-3-2-4-8-14/h2-13,18-19H,1H3. The molecule has 0 radical (unpaired) electrons. The number of ether oxygens (including phenoxy) is 1. The molecule has 3 heteroatoms. The number of methoxy groups -OCH3 is 1. The van der Waals surface area contributed by atoms with E-state index in [1.165, 1.54) is 0 Å². The van der Waals surface area contributed by atoms with Gasteiger partial charge in [-0.3, -0.25) is 0 Å². The van der Waals surface area contributed by atoms with Crippen LogP contribution in [0.5, 0.6) is 5.75 Å². The molecule has 3 nitrogen and oxygen atoms in total. The van der Waals surface area contributed by atoms with Gasteiger partial charge in [0.1, 0.15) is 17.6 Å². The number of hydrogen-bond acceptors (Lipinski definition) is 3. The number of anilines is 1. The van der Waals surface area contributed by atoms with Gasteiger partial charge in [-0.2, -0.15) is 0 Å². The largest absolute Gasteiger partial charge is 0.497 e. The quantitative estimate of drug-likeness (QED) is 0.747. The molecule has 21 heavy (non-hydrogen) atoms. The molecule has 0 aliphatic carbocycles. The Morgan fingerprint density at radius 1 is 0.952 bits per heavy atom. The van der Waals surface area contributed by atoms with Crippen LogP contribution in [0.2, 0.25) is 0 Å². The minimum absolute atomic E-state index is 0.0340. The third kappa shape index (κ3) is 3.08. The molecule has 0 saturated carbocycles. The first kappa shape index (κ1) is 13.3. The van der Waals surface area contributed by atoms with Gasteiger partial charge in [0.25, 0.3) is 0 Å². The van der Waals surface area contributed by atoms with Gasteiger partial charge in [-0.25, -0.2) is 0 Å². The molecule has 0 bridgehead atoms. The molecule has 3 aromatic rings. The molecule has 0 saturated heterocycles. The van der Waals surface area contributed by atoms with Gasteiger partial charge in [-0.15, -0.1) is 0 Å². The van der Waals surface area contributed by atoms with E-state index in [1.54, 1.807) is 13.4 Å². The third-order valence-corrected chi connectivity index (χ3v) is 3.34. The Hall–Kier alpha value is -2.68. The van der Waals surface area contributed by atoms with Gasteiger partial charge >= 0.3 is 0 Å². The molecule has 1 aromatic heterocycles. The zero-order chi connectivity index (χ0) is 14.5. The van der Waals surface area contributed by atoms with E-state index >= 15 is 0 Å². The van der Waals surface area contributed by atoms with E-state index in [2.05, 4.69) is 17.4 Å². The molecule has 0 aliphatic rings.